The number of hydrogen-bond acceptors (Lipinski definition) is 2. The van der Waals surface area contributed by atoms with Crippen molar-refractivity contribution in [3.05, 3.63) is 25.5 Å². The lowest BCUT2D eigenvalue weighted by Gasteiger charge is -2.45. The summed E-state index contributed by atoms with van der Waals surface area (Å²) < 4.78 is 33.8. The van der Waals surface area contributed by atoms with Gasteiger partial charge in [0.1, 0.15) is 12.3 Å². The van der Waals surface area contributed by atoms with Crippen LogP contribution in [0.3, 0.4) is 0 Å². The monoisotopic (exact) mass is 602 g/mol. The van der Waals surface area contributed by atoms with E-state index in [0.717, 1.165) is 61.7 Å². The van der Waals surface area contributed by atoms with Crippen LogP contribution in [-0.4, -0.2) is 18.4 Å². The molecule has 0 bridgehead atoms. The maximum atomic E-state index is 14.3. The van der Waals surface area contributed by atoms with Crippen LogP contribution in [-0.2, 0) is 4.74 Å². The Bertz CT molecular complexity index is 851. The van der Waals surface area contributed by atoms with Crippen molar-refractivity contribution in [2.45, 2.75) is 162 Å². The molecule has 4 unspecified atom stereocenters. The molecule has 0 N–H and O–H groups in total. The molecule has 0 aromatic rings. The van der Waals surface area contributed by atoms with Crippen LogP contribution < -0.4 is 0 Å². The van der Waals surface area contributed by atoms with Gasteiger partial charge in [-0.15, -0.1) is 13.2 Å². The van der Waals surface area contributed by atoms with Crippen LogP contribution >= 0.6 is 0 Å². The molecule has 246 valence electrons. The molecule has 0 radical (unpaired) electrons. The molecule has 0 heterocycles. The van der Waals surface area contributed by atoms with Crippen LogP contribution in [0.1, 0.15) is 143 Å². The fraction of sp³-hybridized carbons (Fsp3) is 0.872. The molecule has 0 amide bonds. The van der Waals surface area contributed by atoms with E-state index in [1.165, 1.54) is 77.0 Å². The zero-order valence-corrected chi connectivity index (χ0v) is 28.3. The zero-order valence-electron chi connectivity index (χ0n) is 28.3. The smallest absolute Gasteiger partial charge is 0.168 e. The molecule has 5 rings (SSSR count). The minimum atomic E-state index is -1.49. The predicted octanol–water partition coefficient (Wildman–Crippen LogP) is 12.0. The van der Waals surface area contributed by atoms with Crippen molar-refractivity contribution in [3.63, 3.8) is 0 Å². The fourth-order valence-electron chi connectivity index (χ4n) is 9.52. The minimum absolute atomic E-state index is 0.0542. The van der Waals surface area contributed by atoms with Crippen LogP contribution in [0.2, 0.25) is 0 Å². The highest BCUT2D eigenvalue weighted by Crippen LogP contribution is 2.52. The first-order valence-corrected chi connectivity index (χ1v) is 18.1. The molecular formula is C39H65F2NO. The molecule has 2 nitrogen and oxygen atoms in total. The maximum absolute atomic E-state index is 14.3. The Labute approximate surface area is 264 Å². The van der Waals surface area contributed by atoms with Gasteiger partial charge in [-0.05, 0) is 131 Å². The molecule has 4 heteroatoms. The van der Waals surface area contributed by atoms with Crippen LogP contribution in [0, 0.1) is 64.1 Å². The van der Waals surface area contributed by atoms with Gasteiger partial charge in [0.25, 0.3) is 0 Å². The third-order valence-electron chi connectivity index (χ3n) is 12.5. The molecule has 5 aliphatic rings. The summed E-state index contributed by atoms with van der Waals surface area (Å²) in [6, 6.07) is 2.83. The molecule has 5 aliphatic carbocycles. The predicted molar refractivity (Wildman–Crippen MR) is 177 cm³/mol. The van der Waals surface area contributed by atoms with Gasteiger partial charge in [0.05, 0.1) is 17.2 Å². The average Bonchev–Trinajstić information content (AvgIpc) is 3.02. The molecule has 43 heavy (non-hydrogen) atoms. The number of nitrogens with zero attached hydrogens (tertiary/aromatic N) is 1. The molecule has 0 aliphatic heterocycles. The number of nitriles is 1. The lowest BCUT2D eigenvalue weighted by Crippen LogP contribution is -2.45. The van der Waals surface area contributed by atoms with E-state index in [-0.39, 0.29) is 11.3 Å². The van der Waals surface area contributed by atoms with Gasteiger partial charge in [0.2, 0.25) is 0 Å². The van der Waals surface area contributed by atoms with Crippen molar-refractivity contribution in [3.8, 4) is 6.07 Å². The van der Waals surface area contributed by atoms with Gasteiger partial charge in [-0.1, -0.05) is 65.9 Å². The minimum Gasteiger partial charge on any atom is -0.493 e. The number of hydrogen-bond donors (Lipinski definition) is 0. The third kappa shape index (κ3) is 9.81. The van der Waals surface area contributed by atoms with Crippen molar-refractivity contribution in [2.75, 3.05) is 0 Å². The molecular weight excluding hydrogens is 536 g/mol. The Hall–Kier alpha value is -1.37. The standard InChI is InChI=1S/C21H35N.C16H26F2O.C2H4/c1-16-3-7-18(8-4-16)19-11-13-21(15-22,14-12-19)20-9-5-17(2)6-10-20;1-10(2)19-14-9-8-13(15(17)16(14)18)12-6-4-11(3)5-7-12;1-2/h16-20H,3-14H2,1-2H3;11-16H,1,4-9H2,2-3H3;1-2H2. The highest BCUT2D eigenvalue weighted by Gasteiger charge is 2.46. The van der Waals surface area contributed by atoms with Crippen molar-refractivity contribution in [1.29, 1.82) is 5.26 Å². The molecule has 0 aromatic heterocycles. The van der Waals surface area contributed by atoms with Gasteiger partial charge in [-0.3, -0.25) is 0 Å². The van der Waals surface area contributed by atoms with Crippen molar-refractivity contribution in [2.24, 2.45) is 52.8 Å². The summed E-state index contributed by atoms with van der Waals surface area (Å²) in [4.78, 5) is 0. The van der Waals surface area contributed by atoms with Gasteiger partial charge in [-0.2, -0.15) is 5.26 Å². The SMILES string of the molecule is C=C.C=C(C)OC1CCC(C2CCC(C)CC2)C(F)C1F.CC1CCC(C2CCC(C#N)(C3CCC(C)CC3)CC2)CC1. The first-order chi connectivity index (χ1) is 20.6. The number of ether oxygens (including phenoxy) is 1. The lowest BCUT2D eigenvalue weighted by molar-refractivity contribution is -0.0663. The number of rotatable bonds is 5. The van der Waals surface area contributed by atoms with E-state index in [9.17, 15) is 14.0 Å². The van der Waals surface area contributed by atoms with E-state index in [2.05, 4.69) is 46.6 Å². The number of alkyl halides is 2. The number of allylic oxidation sites excluding steroid dienone is 1. The van der Waals surface area contributed by atoms with Crippen LogP contribution in [0.5, 0.6) is 0 Å². The Balaban J connectivity index is 0.000000225. The normalized spacial score (nSPS) is 43.4. The van der Waals surface area contributed by atoms with Crippen LogP contribution in [0.15, 0.2) is 25.5 Å². The zero-order chi connectivity index (χ0) is 31.6. The average molecular weight is 602 g/mol. The van der Waals surface area contributed by atoms with E-state index >= 15 is 0 Å². The second kappa shape index (κ2) is 17.4. The maximum Gasteiger partial charge on any atom is 0.168 e. The molecule has 0 aromatic carbocycles. The largest absolute Gasteiger partial charge is 0.493 e. The summed E-state index contributed by atoms with van der Waals surface area (Å²) in [5.41, 5.74) is 0.0542. The van der Waals surface area contributed by atoms with Crippen LogP contribution in [0.4, 0.5) is 8.78 Å². The molecule has 5 fully saturated rings. The molecule has 4 atom stereocenters. The Morgan fingerprint density at radius 2 is 1.09 bits per heavy atom. The van der Waals surface area contributed by atoms with E-state index < -0.39 is 18.4 Å². The van der Waals surface area contributed by atoms with Crippen molar-refractivity contribution in [1.82, 2.24) is 0 Å². The van der Waals surface area contributed by atoms with Gasteiger partial charge in [0.15, 0.2) is 6.17 Å². The van der Waals surface area contributed by atoms with Gasteiger partial charge in [0, 0.05) is 0 Å². The topological polar surface area (TPSA) is 33.0 Å². The molecule has 0 saturated heterocycles. The highest BCUT2D eigenvalue weighted by atomic mass is 19.2. The summed E-state index contributed by atoms with van der Waals surface area (Å²) in [5, 5.41) is 9.94. The van der Waals surface area contributed by atoms with E-state index in [4.69, 9.17) is 4.74 Å². The summed E-state index contributed by atoms with van der Waals surface area (Å²) in [6.45, 7) is 18.4. The van der Waals surface area contributed by atoms with Crippen molar-refractivity contribution < 1.29 is 13.5 Å². The van der Waals surface area contributed by atoms with Gasteiger partial charge < -0.3 is 4.74 Å². The summed E-state index contributed by atoms with van der Waals surface area (Å²) in [7, 11) is 0. The molecule has 0 spiro atoms. The summed E-state index contributed by atoms with van der Waals surface area (Å²) in [5.74, 6) is 5.98. The summed E-state index contributed by atoms with van der Waals surface area (Å²) in [6.07, 6.45) is 18.6. The van der Waals surface area contributed by atoms with Crippen molar-refractivity contribution >= 4 is 0 Å². The van der Waals surface area contributed by atoms with E-state index in [1.807, 2.05) is 0 Å². The van der Waals surface area contributed by atoms with Crippen LogP contribution in [0.25, 0.3) is 0 Å². The van der Waals surface area contributed by atoms with Gasteiger partial charge in [-0.25, -0.2) is 8.78 Å². The van der Waals surface area contributed by atoms with Gasteiger partial charge >= 0.3 is 0 Å². The highest BCUT2D eigenvalue weighted by molar-refractivity contribution is 5.06. The lowest BCUT2D eigenvalue weighted by atomic mass is 9.58. The first-order valence-electron chi connectivity index (χ1n) is 18.1. The third-order valence-corrected chi connectivity index (χ3v) is 12.5. The second-order valence-electron chi connectivity index (χ2n) is 15.6. The first kappa shape index (κ1) is 36.1. The quantitative estimate of drug-likeness (QED) is 0.232. The molecule has 5 saturated carbocycles. The second-order valence-corrected chi connectivity index (χ2v) is 15.6. The Morgan fingerprint density at radius 1 is 0.651 bits per heavy atom. The van der Waals surface area contributed by atoms with E-state index in [0.29, 0.717) is 24.0 Å². The fourth-order valence-corrected chi connectivity index (χ4v) is 9.52. The summed E-state index contributed by atoms with van der Waals surface area (Å²) >= 11 is 0. The Kier molecular flexibility index (Phi) is 14.6. The van der Waals surface area contributed by atoms with E-state index in [1.54, 1.807) is 6.92 Å². The Morgan fingerprint density at radius 3 is 1.56 bits per heavy atom. The number of halogens is 2.